The van der Waals surface area contributed by atoms with Crippen molar-refractivity contribution in [2.75, 3.05) is 12.3 Å². The van der Waals surface area contributed by atoms with E-state index in [9.17, 15) is 4.79 Å². The molecule has 2 N–H and O–H groups in total. The maximum Gasteiger partial charge on any atom is 0.358 e. The Hall–Kier alpha value is -1.00. The van der Waals surface area contributed by atoms with Gasteiger partial charge in [-0.1, -0.05) is 56.3 Å². The Labute approximate surface area is 129 Å². The lowest BCUT2D eigenvalue weighted by molar-refractivity contribution is 0.0421. The van der Waals surface area contributed by atoms with Gasteiger partial charge in [-0.05, 0) is 18.4 Å². The molecule has 0 aliphatic rings. The fourth-order valence-electron chi connectivity index (χ4n) is 1.81. The molecule has 0 amide bonds. The van der Waals surface area contributed by atoms with Gasteiger partial charge in [0.25, 0.3) is 0 Å². The number of nitrogens with zero attached hydrogens (tertiary/aromatic N) is 1. The number of aromatic nitrogens is 1. The molecule has 0 fully saturated rings. The predicted molar refractivity (Wildman–Crippen MR) is 82.3 cm³/mol. The van der Waals surface area contributed by atoms with Crippen LogP contribution in [-0.4, -0.2) is 17.6 Å². The Morgan fingerprint density at radius 2 is 2.15 bits per heavy atom. The van der Waals surface area contributed by atoms with Crippen molar-refractivity contribution in [2.45, 2.75) is 39.5 Å². The van der Waals surface area contributed by atoms with Crippen LogP contribution in [0.4, 0.5) is 5.69 Å². The maximum absolute atomic E-state index is 12.0. The van der Waals surface area contributed by atoms with Gasteiger partial charge in [0.1, 0.15) is 5.15 Å². The lowest BCUT2D eigenvalue weighted by atomic mass is 10.0. The minimum Gasteiger partial charge on any atom is -0.461 e. The molecule has 0 saturated heterocycles. The Balaban J connectivity index is 2.67. The minimum atomic E-state index is -0.584. The first-order valence-electron chi connectivity index (χ1n) is 6.78. The first-order valence-corrected chi connectivity index (χ1v) is 7.53. The molecule has 0 aliphatic heterocycles. The Morgan fingerprint density at radius 1 is 1.45 bits per heavy atom. The number of nitrogens with two attached hydrogens (primary N) is 1. The molecule has 1 unspecified atom stereocenters. The Bertz CT molecular complexity index is 467. The van der Waals surface area contributed by atoms with E-state index < -0.39 is 5.97 Å². The number of nitrogen functional groups attached to an aromatic ring is 1. The third kappa shape index (κ3) is 4.84. The van der Waals surface area contributed by atoms with Gasteiger partial charge >= 0.3 is 5.97 Å². The molecule has 1 heterocycles. The molecule has 4 nitrogen and oxygen atoms in total. The number of hydrogen-bond acceptors (Lipinski definition) is 4. The van der Waals surface area contributed by atoms with E-state index in [1.165, 1.54) is 6.07 Å². The molecule has 1 aromatic heterocycles. The fourth-order valence-corrected chi connectivity index (χ4v) is 2.19. The van der Waals surface area contributed by atoms with Crippen molar-refractivity contribution in [3.05, 3.63) is 21.9 Å². The van der Waals surface area contributed by atoms with E-state index in [1.54, 1.807) is 0 Å². The number of halogens is 2. The zero-order valence-electron chi connectivity index (χ0n) is 11.8. The van der Waals surface area contributed by atoms with Crippen LogP contribution >= 0.6 is 23.2 Å². The molecule has 6 heteroatoms. The van der Waals surface area contributed by atoms with E-state index in [0.29, 0.717) is 12.5 Å². The minimum absolute atomic E-state index is 0.0259. The van der Waals surface area contributed by atoms with Crippen LogP contribution in [0.3, 0.4) is 0 Å². The van der Waals surface area contributed by atoms with Crippen LogP contribution in [-0.2, 0) is 4.74 Å². The number of anilines is 1. The zero-order chi connectivity index (χ0) is 15.1. The van der Waals surface area contributed by atoms with Gasteiger partial charge in [-0.3, -0.25) is 0 Å². The molecule has 0 radical (unpaired) electrons. The second-order valence-corrected chi connectivity index (χ2v) is 5.48. The first kappa shape index (κ1) is 17.1. The molecule has 0 bridgehead atoms. The van der Waals surface area contributed by atoms with E-state index in [4.69, 9.17) is 33.7 Å². The summed E-state index contributed by atoms with van der Waals surface area (Å²) in [6, 6.07) is 1.40. The van der Waals surface area contributed by atoms with Gasteiger partial charge in [-0.25, -0.2) is 9.78 Å². The van der Waals surface area contributed by atoms with Gasteiger partial charge in [0, 0.05) is 0 Å². The number of esters is 1. The summed E-state index contributed by atoms with van der Waals surface area (Å²) in [6.07, 6.45) is 4.26. The van der Waals surface area contributed by atoms with Crippen LogP contribution in [0.25, 0.3) is 0 Å². The summed E-state index contributed by atoms with van der Waals surface area (Å²) in [5, 5.41) is 0.206. The van der Waals surface area contributed by atoms with Crippen LogP contribution in [0.1, 0.15) is 50.0 Å². The molecule has 0 saturated carbocycles. The second-order valence-electron chi connectivity index (χ2n) is 4.71. The molecule has 0 aromatic carbocycles. The zero-order valence-corrected chi connectivity index (χ0v) is 13.3. The number of carbonyl (C=O) groups excluding carboxylic acids is 1. The topological polar surface area (TPSA) is 65.2 Å². The van der Waals surface area contributed by atoms with Crippen molar-refractivity contribution >= 4 is 34.9 Å². The maximum atomic E-state index is 12.0. The van der Waals surface area contributed by atoms with E-state index in [-0.39, 0.29) is 21.6 Å². The van der Waals surface area contributed by atoms with Gasteiger partial charge in [-0.15, -0.1) is 0 Å². The summed E-state index contributed by atoms with van der Waals surface area (Å²) < 4.78 is 5.27. The summed E-state index contributed by atoms with van der Waals surface area (Å²) in [6.45, 7) is 4.58. The molecule has 112 valence electrons. The van der Waals surface area contributed by atoms with Crippen LogP contribution in [0, 0.1) is 5.92 Å². The molecule has 1 rings (SSSR count). The summed E-state index contributed by atoms with van der Waals surface area (Å²) in [5.74, 6) is -0.228. The summed E-state index contributed by atoms with van der Waals surface area (Å²) >= 11 is 11.7. The number of hydrogen-bond donors (Lipinski definition) is 1. The highest BCUT2D eigenvalue weighted by Crippen LogP contribution is 2.25. The lowest BCUT2D eigenvalue weighted by Crippen LogP contribution is -2.16. The van der Waals surface area contributed by atoms with Crippen molar-refractivity contribution in [1.29, 1.82) is 0 Å². The number of carbonyl (C=O) groups is 1. The molecule has 0 aliphatic carbocycles. The largest absolute Gasteiger partial charge is 0.461 e. The smallest absolute Gasteiger partial charge is 0.358 e. The van der Waals surface area contributed by atoms with E-state index in [1.807, 2.05) is 0 Å². The van der Waals surface area contributed by atoms with Crippen LogP contribution < -0.4 is 5.73 Å². The second kappa shape index (κ2) is 8.32. The highest BCUT2D eigenvalue weighted by atomic mass is 35.5. The van der Waals surface area contributed by atoms with E-state index in [0.717, 1.165) is 25.7 Å². The SMILES string of the molecule is CCCCC(CC)COC(=O)c1nc(Cl)cc(N)c1Cl. The average molecular weight is 319 g/mol. The average Bonchev–Trinajstić information content (AvgIpc) is 2.42. The molecule has 0 spiro atoms. The van der Waals surface area contributed by atoms with E-state index >= 15 is 0 Å². The normalized spacial score (nSPS) is 12.2. The number of ether oxygens (including phenoxy) is 1. The van der Waals surface area contributed by atoms with Crippen LogP contribution in [0.5, 0.6) is 0 Å². The predicted octanol–water partition coefficient (Wildman–Crippen LogP) is 4.34. The number of pyridine rings is 1. The Kier molecular flexibility index (Phi) is 7.10. The molecule has 1 atom stereocenters. The first-order chi connectivity index (χ1) is 9.49. The lowest BCUT2D eigenvalue weighted by Gasteiger charge is -2.15. The van der Waals surface area contributed by atoms with Crippen LogP contribution in [0.2, 0.25) is 10.2 Å². The standard InChI is InChI=1S/C14H20Cl2N2O2/c1-3-5-6-9(4-2)8-20-14(19)13-12(16)10(17)7-11(15)18-13/h7,9H,3-6,8H2,1-2H3,(H2,17,18). The number of unbranched alkanes of at least 4 members (excludes halogenated alkanes) is 1. The highest BCUT2D eigenvalue weighted by molar-refractivity contribution is 6.37. The quantitative estimate of drug-likeness (QED) is 0.599. The van der Waals surface area contributed by atoms with Crippen molar-refractivity contribution < 1.29 is 9.53 Å². The van der Waals surface area contributed by atoms with Gasteiger partial charge < -0.3 is 10.5 Å². The number of rotatable bonds is 7. The summed E-state index contributed by atoms with van der Waals surface area (Å²) in [7, 11) is 0. The van der Waals surface area contributed by atoms with Crippen molar-refractivity contribution in [2.24, 2.45) is 5.92 Å². The third-order valence-corrected chi connectivity index (χ3v) is 3.73. The third-order valence-electron chi connectivity index (χ3n) is 3.14. The van der Waals surface area contributed by atoms with E-state index in [2.05, 4.69) is 18.8 Å². The molecule has 1 aromatic rings. The van der Waals surface area contributed by atoms with Crippen molar-refractivity contribution in [1.82, 2.24) is 4.98 Å². The molecular formula is C14H20Cl2N2O2. The monoisotopic (exact) mass is 318 g/mol. The van der Waals surface area contributed by atoms with Gasteiger partial charge in [0.2, 0.25) is 0 Å². The molecular weight excluding hydrogens is 299 g/mol. The van der Waals surface area contributed by atoms with Gasteiger partial charge in [0.05, 0.1) is 17.3 Å². The van der Waals surface area contributed by atoms with Crippen molar-refractivity contribution in [3.8, 4) is 0 Å². The van der Waals surface area contributed by atoms with Crippen molar-refractivity contribution in [3.63, 3.8) is 0 Å². The van der Waals surface area contributed by atoms with Crippen LogP contribution in [0.15, 0.2) is 6.07 Å². The highest BCUT2D eigenvalue weighted by Gasteiger charge is 2.18. The summed E-state index contributed by atoms with van der Waals surface area (Å²) in [4.78, 5) is 15.9. The Morgan fingerprint density at radius 3 is 2.75 bits per heavy atom. The molecule has 20 heavy (non-hydrogen) atoms. The van der Waals surface area contributed by atoms with Gasteiger partial charge in [0.15, 0.2) is 5.69 Å². The van der Waals surface area contributed by atoms with Gasteiger partial charge in [-0.2, -0.15) is 0 Å². The summed E-state index contributed by atoms with van der Waals surface area (Å²) in [5.41, 5.74) is 5.84. The fraction of sp³-hybridized carbons (Fsp3) is 0.571.